The number of aryl methyl sites for hydroxylation is 1. The summed E-state index contributed by atoms with van der Waals surface area (Å²) < 4.78 is 5.53. The Morgan fingerprint density at radius 2 is 2.00 bits per heavy atom. The van der Waals surface area contributed by atoms with Crippen LogP contribution in [-0.4, -0.2) is 40.8 Å². The Kier molecular flexibility index (Phi) is 4.30. The number of amides is 2. The Balaban J connectivity index is 1.71. The van der Waals surface area contributed by atoms with Gasteiger partial charge in [0, 0.05) is 14.1 Å². The number of hydrogen-bond acceptors (Lipinski definition) is 6. The monoisotopic (exact) mass is 344 g/mol. The molecule has 0 aliphatic rings. The summed E-state index contributed by atoms with van der Waals surface area (Å²) in [7, 11) is 3.35. The Morgan fingerprint density at radius 1 is 1.25 bits per heavy atom. The highest BCUT2D eigenvalue weighted by Gasteiger charge is 2.18. The van der Waals surface area contributed by atoms with E-state index in [4.69, 9.17) is 4.42 Å². The lowest BCUT2D eigenvalue weighted by Gasteiger charge is -2.07. The van der Waals surface area contributed by atoms with Crippen LogP contribution in [0.5, 0.6) is 0 Å². The number of nitrogens with one attached hydrogen (secondary N) is 1. The van der Waals surface area contributed by atoms with Crippen molar-refractivity contribution in [3.63, 3.8) is 0 Å². The zero-order valence-corrected chi connectivity index (χ0v) is 14.3. The topological polar surface area (TPSA) is 88.3 Å². The molecule has 1 aromatic carbocycles. The molecule has 0 unspecified atom stereocenters. The summed E-state index contributed by atoms with van der Waals surface area (Å²) in [5, 5.41) is 3.08. The van der Waals surface area contributed by atoms with Gasteiger partial charge < -0.3 is 14.6 Å². The number of rotatable bonds is 4. The highest BCUT2D eigenvalue weighted by molar-refractivity contribution is 7.17. The van der Waals surface area contributed by atoms with E-state index in [-0.39, 0.29) is 18.2 Å². The minimum Gasteiger partial charge on any atom is -0.440 e. The summed E-state index contributed by atoms with van der Waals surface area (Å²) in [6.45, 7) is 1.74. The summed E-state index contributed by atoms with van der Waals surface area (Å²) in [5.41, 5.74) is 1.95. The van der Waals surface area contributed by atoms with E-state index >= 15 is 0 Å². The number of benzene rings is 1. The molecule has 3 rings (SSSR count). The summed E-state index contributed by atoms with van der Waals surface area (Å²) in [4.78, 5) is 34.6. The van der Waals surface area contributed by atoms with Gasteiger partial charge in [-0.05, 0) is 19.1 Å². The molecule has 2 aromatic heterocycles. The molecule has 0 atom stereocenters. The molecule has 7 nitrogen and oxygen atoms in total. The minimum absolute atomic E-state index is 0.00423. The molecule has 1 N–H and O–H groups in total. The van der Waals surface area contributed by atoms with Crippen LogP contribution in [0.4, 0.5) is 5.13 Å². The van der Waals surface area contributed by atoms with Crippen molar-refractivity contribution in [1.29, 1.82) is 0 Å². The molecule has 8 heteroatoms. The van der Waals surface area contributed by atoms with Crippen molar-refractivity contribution in [1.82, 2.24) is 14.9 Å². The highest BCUT2D eigenvalue weighted by Crippen LogP contribution is 2.24. The molecular formula is C16H16N4O3S. The first-order valence-electron chi connectivity index (χ1n) is 7.27. The summed E-state index contributed by atoms with van der Waals surface area (Å²) >= 11 is 1.15. The fourth-order valence-corrected chi connectivity index (χ4v) is 3.15. The maximum absolute atomic E-state index is 12.1. The Labute approximate surface area is 142 Å². The molecule has 0 saturated heterocycles. The molecule has 2 amide bonds. The van der Waals surface area contributed by atoms with Gasteiger partial charge in [0.1, 0.15) is 16.8 Å². The second-order valence-electron chi connectivity index (χ2n) is 5.43. The average Bonchev–Trinajstić information content (AvgIpc) is 3.08. The van der Waals surface area contributed by atoms with Crippen LogP contribution in [0.1, 0.15) is 21.3 Å². The third-order valence-electron chi connectivity index (χ3n) is 3.29. The van der Waals surface area contributed by atoms with E-state index in [0.29, 0.717) is 32.7 Å². The predicted octanol–water partition coefficient (Wildman–Crippen LogP) is 2.48. The lowest BCUT2D eigenvalue weighted by Crippen LogP contribution is -2.21. The number of nitrogens with zero attached hydrogens (tertiary/aromatic N) is 3. The SMILES string of the molecule is Cc1nc(NC(=O)Cc2nc3ccccc3o2)sc1C(=O)N(C)C. The van der Waals surface area contributed by atoms with E-state index < -0.39 is 0 Å². The molecule has 0 radical (unpaired) electrons. The molecule has 3 aromatic rings. The second kappa shape index (κ2) is 6.40. The number of fused-ring (bicyclic) bond motifs is 1. The first-order chi connectivity index (χ1) is 11.4. The van der Waals surface area contributed by atoms with Crippen LogP contribution in [0.2, 0.25) is 0 Å². The van der Waals surface area contributed by atoms with E-state index in [2.05, 4.69) is 15.3 Å². The van der Waals surface area contributed by atoms with E-state index in [1.807, 2.05) is 18.2 Å². The Bertz CT molecular complexity index is 880. The van der Waals surface area contributed by atoms with Gasteiger partial charge in [-0.25, -0.2) is 9.97 Å². The van der Waals surface area contributed by atoms with Crippen LogP contribution in [-0.2, 0) is 11.2 Å². The maximum atomic E-state index is 12.1. The van der Waals surface area contributed by atoms with Crippen LogP contribution in [0.25, 0.3) is 11.1 Å². The minimum atomic E-state index is -0.292. The summed E-state index contributed by atoms with van der Waals surface area (Å²) in [5.74, 6) is -0.0878. The zero-order valence-electron chi connectivity index (χ0n) is 13.5. The Morgan fingerprint density at radius 3 is 2.71 bits per heavy atom. The van der Waals surface area contributed by atoms with Gasteiger partial charge in [0.2, 0.25) is 11.8 Å². The number of carbonyl (C=O) groups is 2. The normalized spacial score (nSPS) is 10.8. The molecule has 0 bridgehead atoms. The van der Waals surface area contributed by atoms with Crippen molar-refractivity contribution >= 4 is 39.4 Å². The molecule has 0 fully saturated rings. The number of carbonyl (C=O) groups excluding carboxylic acids is 2. The summed E-state index contributed by atoms with van der Waals surface area (Å²) in [6.07, 6.45) is 0.00423. The van der Waals surface area contributed by atoms with Gasteiger partial charge in [-0.1, -0.05) is 23.5 Å². The first kappa shape index (κ1) is 16.1. The standard InChI is InChI=1S/C16H16N4O3S/c1-9-14(15(22)20(2)3)24-16(17-9)19-12(21)8-13-18-10-6-4-5-7-11(10)23-13/h4-7H,8H2,1-3H3,(H,17,19,21). The van der Waals surface area contributed by atoms with Gasteiger partial charge in [0.05, 0.1) is 5.69 Å². The molecular weight excluding hydrogens is 328 g/mol. The van der Waals surface area contributed by atoms with Gasteiger partial charge in [-0.15, -0.1) is 0 Å². The molecule has 0 saturated carbocycles. The van der Waals surface area contributed by atoms with Crippen LogP contribution >= 0.6 is 11.3 Å². The highest BCUT2D eigenvalue weighted by atomic mass is 32.1. The van der Waals surface area contributed by atoms with Crippen molar-refractivity contribution in [2.75, 3.05) is 19.4 Å². The number of aromatic nitrogens is 2. The van der Waals surface area contributed by atoms with Gasteiger partial charge >= 0.3 is 0 Å². The molecule has 124 valence electrons. The molecule has 0 aliphatic heterocycles. The molecule has 2 heterocycles. The fraction of sp³-hybridized carbons (Fsp3) is 0.250. The second-order valence-corrected chi connectivity index (χ2v) is 6.43. The molecule has 24 heavy (non-hydrogen) atoms. The number of hydrogen-bond donors (Lipinski definition) is 1. The van der Waals surface area contributed by atoms with Gasteiger partial charge in [0.25, 0.3) is 5.91 Å². The van der Waals surface area contributed by atoms with E-state index in [0.717, 1.165) is 11.3 Å². The number of thiazole rings is 1. The van der Waals surface area contributed by atoms with Gasteiger partial charge in [-0.2, -0.15) is 0 Å². The molecule has 0 aliphatic carbocycles. The van der Waals surface area contributed by atoms with Crippen LogP contribution in [0, 0.1) is 6.92 Å². The fourth-order valence-electron chi connectivity index (χ4n) is 2.15. The maximum Gasteiger partial charge on any atom is 0.265 e. The largest absolute Gasteiger partial charge is 0.440 e. The molecule has 0 spiro atoms. The van der Waals surface area contributed by atoms with Crippen molar-refractivity contribution in [2.45, 2.75) is 13.3 Å². The van der Waals surface area contributed by atoms with Crippen LogP contribution in [0.3, 0.4) is 0 Å². The number of anilines is 1. The van der Waals surface area contributed by atoms with E-state index in [1.165, 1.54) is 4.90 Å². The lowest BCUT2D eigenvalue weighted by molar-refractivity contribution is -0.115. The van der Waals surface area contributed by atoms with Crippen LogP contribution in [0.15, 0.2) is 28.7 Å². The summed E-state index contributed by atoms with van der Waals surface area (Å²) in [6, 6.07) is 7.33. The Hall–Kier alpha value is -2.74. The number of oxazole rings is 1. The average molecular weight is 344 g/mol. The third-order valence-corrected chi connectivity index (χ3v) is 4.35. The van der Waals surface area contributed by atoms with Gasteiger partial charge in [-0.3, -0.25) is 9.59 Å². The number of para-hydroxylation sites is 2. The first-order valence-corrected chi connectivity index (χ1v) is 8.09. The lowest BCUT2D eigenvalue weighted by atomic mass is 10.3. The van der Waals surface area contributed by atoms with Crippen molar-refractivity contribution in [3.05, 3.63) is 40.7 Å². The van der Waals surface area contributed by atoms with Gasteiger partial charge in [0.15, 0.2) is 10.7 Å². The van der Waals surface area contributed by atoms with Crippen LogP contribution < -0.4 is 5.32 Å². The smallest absolute Gasteiger partial charge is 0.265 e. The third kappa shape index (κ3) is 3.28. The zero-order chi connectivity index (χ0) is 17.3. The van der Waals surface area contributed by atoms with Crippen molar-refractivity contribution in [3.8, 4) is 0 Å². The quantitative estimate of drug-likeness (QED) is 0.785. The predicted molar refractivity (Wildman–Crippen MR) is 91.2 cm³/mol. The van der Waals surface area contributed by atoms with E-state index in [1.54, 1.807) is 27.1 Å². The van der Waals surface area contributed by atoms with Crippen molar-refractivity contribution < 1.29 is 14.0 Å². The van der Waals surface area contributed by atoms with Crippen molar-refractivity contribution in [2.24, 2.45) is 0 Å². The van der Waals surface area contributed by atoms with E-state index in [9.17, 15) is 9.59 Å².